The average Bonchev–Trinajstić information content (AvgIpc) is 2.84. The van der Waals surface area contributed by atoms with Crippen LogP contribution in [0.25, 0.3) is 10.8 Å². The van der Waals surface area contributed by atoms with Crippen molar-refractivity contribution in [1.82, 2.24) is 5.32 Å². The van der Waals surface area contributed by atoms with Gasteiger partial charge in [0.25, 0.3) is 0 Å². The van der Waals surface area contributed by atoms with E-state index in [1.165, 1.54) is 19.3 Å². The Hall–Kier alpha value is -3.14. The zero-order chi connectivity index (χ0) is 22.5. The predicted molar refractivity (Wildman–Crippen MR) is 128 cm³/mol. The number of amides is 1. The third kappa shape index (κ3) is 4.69. The van der Waals surface area contributed by atoms with Gasteiger partial charge in [0.15, 0.2) is 5.78 Å². The van der Waals surface area contributed by atoms with Gasteiger partial charge in [0.2, 0.25) is 5.91 Å². The molecule has 0 bridgehead atoms. The summed E-state index contributed by atoms with van der Waals surface area (Å²) in [5.41, 5.74) is 2.13. The Kier molecular flexibility index (Phi) is 6.89. The second-order valence-electron chi connectivity index (χ2n) is 8.65. The van der Waals surface area contributed by atoms with E-state index in [0.29, 0.717) is 17.5 Å². The number of hydrogen-bond donors (Lipinski definition) is 1. The van der Waals surface area contributed by atoms with Crippen molar-refractivity contribution in [2.45, 2.75) is 57.4 Å². The molecule has 1 aliphatic rings. The van der Waals surface area contributed by atoms with Crippen LogP contribution in [0.2, 0.25) is 0 Å². The summed E-state index contributed by atoms with van der Waals surface area (Å²) in [7, 11) is 1.64. The van der Waals surface area contributed by atoms with Crippen molar-refractivity contribution in [1.29, 1.82) is 0 Å². The molecule has 3 aromatic carbocycles. The largest absolute Gasteiger partial charge is 0.497 e. The van der Waals surface area contributed by atoms with Gasteiger partial charge in [-0.25, -0.2) is 0 Å². The summed E-state index contributed by atoms with van der Waals surface area (Å²) in [6.45, 7) is 2.03. The number of fused-ring (bicyclic) bond motifs is 1. The lowest BCUT2D eigenvalue weighted by atomic mass is 9.87. The molecule has 0 aromatic heterocycles. The first-order valence-electron chi connectivity index (χ1n) is 11.6. The van der Waals surface area contributed by atoms with E-state index in [0.717, 1.165) is 34.9 Å². The molecule has 4 rings (SSSR count). The molecule has 1 amide bonds. The Balaban J connectivity index is 1.77. The van der Waals surface area contributed by atoms with Gasteiger partial charge in [-0.3, -0.25) is 9.59 Å². The molecule has 0 heterocycles. The van der Waals surface area contributed by atoms with Crippen molar-refractivity contribution in [3.05, 3.63) is 77.4 Å². The Bertz CT molecular complexity index is 1100. The summed E-state index contributed by atoms with van der Waals surface area (Å²) >= 11 is 0. The molecular weight excluding hydrogens is 398 g/mol. The molecular formula is C28H31NO3. The minimum absolute atomic E-state index is 0.0351. The number of carbonyl (C=O) groups is 2. The highest BCUT2D eigenvalue weighted by Crippen LogP contribution is 2.33. The number of hydrogen-bond acceptors (Lipinski definition) is 3. The third-order valence-corrected chi connectivity index (χ3v) is 6.54. The maximum atomic E-state index is 13.4. The van der Waals surface area contributed by atoms with Crippen molar-refractivity contribution in [2.24, 2.45) is 0 Å². The van der Waals surface area contributed by atoms with Gasteiger partial charge < -0.3 is 10.1 Å². The summed E-state index contributed by atoms with van der Waals surface area (Å²) in [6, 6.07) is 19.2. The summed E-state index contributed by atoms with van der Waals surface area (Å²) in [5, 5.41) is 5.18. The van der Waals surface area contributed by atoms with Crippen molar-refractivity contribution >= 4 is 22.5 Å². The van der Waals surface area contributed by atoms with Crippen LogP contribution >= 0.6 is 0 Å². The Morgan fingerprint density at radius 1 is 0.969 bits per heavy atom. The number of benzene rings is 3. The highest BCUT2D eigenvalue weighted by atomic mass is 16.5. The fourth-order valence-electron chi connectivity index (χ4n) is 4.76. The van der Waals surface area contributed by atoms with Crippen LogP contribution < -0.4 is 10.1 Å². The van der Waals surface area contributed by atoms with Crippen LogP contribution in [0.15, 0.2) is 60.7 Å². The van der Waals surface area contributed by atoms with E-state index in [9.17, 15) is 9.59 Å². The highest BCUT2D eigenvalue weighted by Gasteiger charge is 2.26. The van der Waals surface area contributed by atoms with Crippen molar-refractivity contribution in [3.63, 3.8) is 0 Å². The van der Waals surface area contributed by atoms with Crippen LogP contribution in [0.3, 0.4) is 0 Å². The van der Waals surface area contributed by atoms with Crippen molar-refractivity contribution in [2.75, 3.05) is 7.11 Å². The standard InChI is InChI=1S/C28H31NO3/c1-3-24(28(31)29-22-12-8-5-9-13-22)26-17-21(27(30)19-10-6-4-7-11-19)16-20-14-15-23(32-2)18-25(20)26/h4,6-7,10-11,14-18,22,24H,3,5,8-9,12-13H2,1-2H3,(H,29,31). The van der Waals surface area contributed by atoms with Gasteiger partial charge in [0.05, 0.1) is 13.0 Å². The van der Waals surface area contributed by atoms with Crippen molar-refractivity contribution < 1.29 is 14.3 Å². The molecule has 1 fully saturated rings. The summed E-state index contributed by atoms with van der Waals surface area (Å²) < 4.78 is 5.45. The monoisotopic (exact) mass is 429 g/mol. The molecule has 1 atom stereocenters. The Morgan fingerprint density at radius 2 is 1.72 bits per heavy atom. The van der Waals surface area contributed by atoms with Crippen LogP contribution in [0, 0.1) is 0 Å². The van der Waals surface area contributed by atoms with Gasteiger partial charge in [-0.15, -0.1) is 0 Å². The van der Waals surface area contributed by atoms with E-state index in [1.807, 2.05) is 67.6 Å². The number of rotatable bonds is 7. The SMILES string of the molecule is CCC(C(=O)NC1CCCCC1)c1cc(C(=O)c2ccccc2)cc2ccc(OC)cc12. The van der Waals surface area contributed by atoms with Gasteiger partial charge in [0, 0.05) is 17.2 Å². The van der Waals surface area contributed by atoms with E-state index in [-0.39, 0.29) is 23.7 Å². The second kappa shape index (κ2) is 9.99. The fraction of sp³-hybridized carbons (Fsp3) is 0.357. The lowest BCUT2D eigenvalue weighted by Gasteiger charge is -2.26. The summed E-state index contributed by atoms with van der Waals surface area (Å²) in [6.07, 6.45) is 6.34. The molecule has 1 aliphatic carbocycles. The van der Waals surface area contributed by atoms with Crippen LogP contribution in [-0.2, 0) is 4.79 Å². The first-order chi connectivity index (χ1) is 15.6. The minimum Gasteiger partial charge on any atom is -0.497 e. The number of carbonyl (C=O) groups excluding carboxylic acids is 2. The van der Waals surface area contributed by atoms with Crippen LogP contribution in [0.1, 0.15) is 72.9 Å². The molecule has 4 heteroatoms. The van der Waals surface area contributed by atoms with E-state index in [1.54, 1.807) is 7.11 Å². The van der Waals surface area contributed by atoms with E-state index in [4.69, 9.17) is 4.74 Å². The van der Waals surface area contributed by atoms with Crippen molar-refractivity contribution in [3.8, 4) is 5.75 Å². The maximum Gasteiger partial charge on any atom is 0.227 e. The number of ether oxygens (including phenoxy) is 1. The molecule has 3 aromatic rings. The first-order valence-corrected chi connectivity index (χ1v) is 11.6. The summed E-state index contributed by atoms with van der Waals surface area (Å²) in [4.78, 5) is 26.6. The van der Waals surface area contributed by atoms with Gasteiger partial charge in [-0.2, -0.15) is 0 Å². The maximum absolute atomic E-state index is 13.4. The van der Waals surface area contributed by atoms with Crippen LogP contribution in [0.4, 0.5) is 0 Å². The van der Waals surface area contributed by atoms with E-state index >= 15 is 0 Å². The number of nitrogens with one attached hydrogen (secondary N) is 1. The fourth-order valence-corrected chi connectivity index (χ4v) is 4.76. The molecule has 0 saturated heterocycles. The normalized spacial score (nSPS) is 15.3. The smallest absolute Gasteiger partial charge is 0.227 e. The predicted octanol–water partition coefficient (Wildman–Crippen LogP) is 6.02. The number of methoxy groups -OCH3 is 1. The Morgan fingerprint density at radius 3 is 2.41 bits per heavy atom. The average molecular weight is 430 g/mol. The molecule has 0 spiro atoms. The van der Waals surface area contributed by atoms with Gasteiger partial charge >= 0.3 is 0 Å². The second-order valence-corrected chi connectivity index (χ2v) is 8.65. The third-order valence-electron chi connectivity index (χ3n) is 6.54. The quantitative estimate of drug-likeness (QED) is 0.467. The minimum atomic E-state index is -0.324. The first kappa shape index (κ1) is 22.1. The molecule has 1 saturated carbocycles. The van der Waals surface area contributed by atoms with Gasteiger partial charge in [-0.1, -0.05) is 62.6 Å². The van der Waals surface area contributed by atoms with Gasteiger partial charge in [0.1, 0.15) is 5.75 Å². The van der Waals surface area contributed by atoms with Crippen LogP contribution in [-0.4, -0.2) is 24.8 Å². The zero-order valence-corrected chi connectivity index (χ0v) is 18.9. The molecule has 1 N–H and O–H groups in total. The lowest BCUT2D eigenvalue weighted by molar-refractivity contribution is -0.123. The molecule has 166 valence electrons. The summed E-state index contributed by atoms with van der Waals surface area (Å²) in [5.74, 6) is 0.429. The molecule has 0 aliphatic heterocycles. The van der Waals surface area contributed by atoms with E-state index < -0.39 is 0 Å². The molecule has 0 radical (unpaired) electrons. The van der Waals surface area contributed by atoms with Crippen LogP contribution in [0.5, 0.6) is 5.75 Å². The molecule has 4 nitrogen and oxygen atoms in total. The highest BCUT2D eigenvalue weighted by molar-refractivity contribution is 6.11. The van der Waals surface area contributed by atoms with E-state index in [2.05, 4.69) is 5.32 Å². The lowest BCUT2D eigenvalue weighted by Crippen LogP contribution is -2.39. The topological polar surface area (TPSA) is 55.4 Å². The molecule has 1 unspecified atom stereocenters. The zero-order valence-electron chi connectivity index (χ0n) is 18.9. The number of ketones is 1. The molecule has 32 heavy (non-hydrogen) atoms. The van der Waals surface area contributed by atoms with Gasteiger partial charge in [-0.05, 0) is 59.9 Å². The Labute approximate surface area is 190 Å².